The molecule has 6 rings (SSSR count). The molecule has 4 fully saturated rings. The minimum absolute atomic E-state index is 0.0985. The van der Waals surface area contributed by atoms with Gasteiger partial charge in [0, 0.05) is 10.3 Å². The highest BCUT2D eigenvalue weighted by molar-refractivity contribution is 7.14. The molecule has 136 valence electrons. The Balaban J connectivity index is 1.24. The lowest BCUT2D eigenvalue weighted by Crippen LogP contribution is -2.53. The van der Waals surface area contributed by atoms with Gasteiger partial charge in [0.1, 0.15) is 0 Å². The Bertz CT molecular complexity index is 800. The summed E-state index contributed by atoms with van der Waals surface area (Å²) in [6.07, 6.45) is 8.78. The van der Waals surface area contributed by atoms with Crippen LogP contribution in [0.15, 0.2) is 34.9 Å². The van der Waals surface area contributed by atoms with Crippen LogP contribution in [0.25, 0.3) is 0 Å². The summed E-state index contributed by atoms with van der Waals surface area (Å²) in [7, 11) is 0. The number of thiophene rings is 1. The molecule has 4 nitrogen and oxygen atoms in total. The molecule has 0 aliphatic heterocycles. The van der Waals surface area contributed by atoms with Crippen LogP contribution in [0.5, 0.6) is 0 Å². The molecule has 0 saturated heterocycles. The van der Waals surface area contributed by atoms with Crippen molar-refractivity contribution in [1.29, 1.82) is 0 Å². The lowest BCUT2D eigenvalue weighted by Gasteiger charge is -2.55. The summed E-state index contributed by atoms with van der Waals surface area (Å²) in [4.78, 5) is 27.0. The van der Waals surface area contributed by atoms with Gasteiger partial charge < -0.3 is 9.73 Å². The fraction of sp³-hybridized carbons (Fsp3) is 0.524. The van der Waals surface area contributed by atoms with E-state index in [1.165, 1.54) is 36.9 Å². The quantitative estimate of drug-likeness (QED) is 0.795. The number of hydrogen-bond donors (Lipinski definition) is 1. The topological polar surface area (TPSA) is 59.3 Å². The average Bonchev–Trinajstić information content (AvgIpc) is 3.30. The lowest BCUT2D eigenvalue weighted by atomic mass is 9.49. The van der Waals surface area contributed by atoms with Crippen molar-refractivity contribution < 1.29 is 14.0 Å². The second kappa shape index (κ2) is 6.08. The van der Waals surface area contributed by atoms with Crippen molar-refractivity contribution in [1.82, 2.24) is 5.32 Å². The molecule has 0 aromatic carbocycles. The zero-order chi connectivity index (χ0) is 17.7. The maximum Gasteiger partial charge on any atom is 0.238 e. The normalized spacial score (nSPS) is 31.9. The number of ketones is 1. The molecule has 26 heavy (non-hydrogen) atoms. The Hall–Kier alpha value is -1.88. The highest BCUT2D eigenvalue weighted by Gasteiger charge is 2.54. The number of carbonyl (C=O) groups is 2. The summed E-state index contributed by atoms with van der Waals surface area (Å²) in [6.45, 7) is 0.511. The highest BCUT2D eigenvalue weighted by Crippen LogP contribution is 2.60. The second-order valence-electron chi connectivity index (χ2n) is 8.45. The van der Waals surface area contributed by atoms with Gasteiger partial charge in [0.2, 0.25) is 11.7 Å². The fourth-order valence-electron chi connectivity index (χ4n) is 5.87. The summed E-state index contributed by atoms with van der Waals surface area (Å²) in [5.74, 6) is 2.81. The Labute approximate surface area is 157 Å². The van der Waals surface area contributed by atoms with Crippen molar-refractivity contribution in [2.75, 3.05) is 0 Å². The van der Waals surface area contributed by atoms with Gasteiger partial charge in [0.05, 0.1) is 17.7 Å². The third-order valence-electron chi connectivity index (χ3n) is 6.57. The molecule has 5 heteroatoms. The van der Waals surface area contributed by atoms with Crippen molar-refractivity contribution >= 4 is 23.0 Å². The molecule has 1 amide bonds. The van der Waals surface area contributed by atoms with Crippen LogP contribution in [0.4, 0.5) is 0 Å². The molecule has 4 saturated carbocycles. The number of hydrogen-bond acceptors (Lipinski definition) is 4. The van der Waals surface area contributed by atoms with Crippen LogP contribution < -0.4 is 5.32 Å². The first-order chi connectivity index (χ1) is 12.6. The molecule has 1 N–H and O–H groups in total. The minimum Gasteiger partial charge on any atom is -0.461 e. The van der Waals surface area contributed by atoms with Gasteiger partial charge in [0.25, 0.3) is 0 Å². The van der Waals surface area contributed by atoms with Crippen molar-refractivity contribution in [3.05, 3.63) is 46.0 Å². The molecule has 4 aliphatic rings. The molecule has 2 aromatic rings. The van der Waals surface area contributed by atoms with Gasteiger partial charge in [-0.1, -0.05) is 0 Å². The summed E-state index contributed by atoms with van der Waals surface area (Å²) in [5, 5.41) is 3.18. The monoisotopic (exact) mass is 369 g/mol. The smallest absolute Gasteiger partial charge is 0.238 e. The van der Waals surface area contributed by atoms with Crippen molar-refractivity contribution in [2.45, 2.75) is 45.1 Å². The zero-order valence-electron chi connectivity index (χ0n) is 14.7. The first-order valence-electron chi connectivity index (χ1n) is 9.56. The van der Waals surface area contributed by atoms with E-state index in [0.717, 1.165) is 41.9 Å². The first-order valence-corrected chi connectivity index (χ1v) is 10.4. The summed E-state index contributed by atoms with van der Waals surface area (Å²) in [6, 6.07) is 7.15. The van der Waals surface area contributed by atoms with Crippen molar-refractivity contribution in [3.63, 3.8) is 0 Å². The van der Waals surface area contributed by atoms with Crippen LogP contribution in [0.3, 0.4) is 0 Å². The van der Waals surface area contributed by atoms with E-state index in [2.05, 4.69) is 5.32 Å². The Kier molecular flexibility index (Phi) is 3.82. The molecule has 2 aromatic heterocycles. The lowest BCUT2D eigenvalue weighted by molar-refractivity contribution is -0.146. The van der Waals surface area contributed by atoms with Gasteiger partial charge >= 0.3 is 0 Å². The Morgan fingerprint density at radius 3 is 2.38 bits per heavy atom. The number of amides is 1. The molecule has 0 unspecified atom stereocenters. The predicted molar refractivity (Wildman–Crippen MR) is 98.9 cm³/mol. The Morgan fingerprint density at radius 1 is 1.08 bits per heavy atom. The molecule has 4 bridgehead atoms. The average molecular weight is 369 g/mol. The van der Waals surface area contributed by atoms with Crippen molar-refractivity contribution in [3.8, 4) is 0 Å². The maximum atomic E-state index is 13.0. The largest absolute Gasteiger partial charge is 0.461 e. The van der Waals surface area contributed by atoms with E-state index in [-0.39, 0.29) is 17.1 Å². The van der Waals surface area contributed by atoms with Crippen LogP contribution in [-0.2, 0) is 11.3 Å². The number of nitrogens with one attached hydrogen (secondary N) is 1. The summed E-state index contributed by atoms with van der Waals surface area (Å²) < 4.78 is 5.18. The van der Waals surface area contributed by atoms with Gasteiger partial charge in [-0.15, -0.1) is 11.3 Å². The van der Waals surface area contributed by atoms with E-state index in [1.807, 2.05) is 12.1 Å². The van der Waals surface area contributed by atoms with Crippen LogP contribution in [-0.4, -0.2) is 11.7 Å². The van der Waals surface area contributed by atoms with Crippen LogP contribution in [0, 0.1) is 23.2 Å². The van der Waals surface area contributed by atoms with E-state index < -0.39 is 0 Å². The van der Waals surface area contributed by atoms with Crippen molar-refractivity contribution in [2.24, 2.45) is 23.2 Å². The number of rotatable bonds is 5. The van der Waals surface area contributed by atoms with Gasteiger partial charge in [0.15, 0.2) is 5.76 Å². The van der Waals surface area contributed by atoms with Crippen LogP contribution >= 0.6 is 11.3 Å². The highest BCUT2D eigenvalue weighted by atomic mass is 32.1. The zero-order valence-corrected chi connectivity index (χ0v) is 15.5. The van der Waals surface area contributed by atoms with Crippen LogP contribution in [0.2, 0.25) is 0 Å². The molecule has 4 aliphatic carbocycles. The molecule has 0 spiro atoms. The summed E-state index contributed by atoms with van der Waals surface area (Å²) in [5.41, 5.74) is -0.112. The number of carbonyl (C=O) groups excluding carboxylic acids is 2. The molecular weight excluding hydrogens is 346 g/mol. The summed E-state index contributed by atoms with van der Waals surface area (Å²) >= 11 is 1.43. The van der Waals surface area contributed by atoms with E-state index >= 15 is 0 Å². The predicted octanol–water partition coefficient (Wildman–Crippen LogP) is 4.40. The van der Waals surface area contributed by atoms with Gasteiger partial charge in [-0.2, -0.15) is 0 Å². The minimum atomic E-state index is -0.112. The van der Waals surface area contributed by atoms with Gasteiger partial charge in [-0.3, -0.25) is 9.59 Å². The van der Waals surface area contributed by atoms with E-state index in [1.54, 1.807) is 12.1 Å². The molecule has 2 heterocycles. The SMILES string of the molecule is O=C(c1ccco1)c1ccc(CNC(=O)C23CC4CC(CC(C4)C2)C3)s1. The first kappa shape index (κ1) is 16.3. The standard InChI is InChI=1S/C21H23NO3S/c23-19(17-2-1-5-25-17)18-4-3-16(26-18)12-22-20(24)21-9-13-6-14(10-21)8-15(7-13)11-21/h1-5,13-15H,6-12H2,(H,22,24). The van der Waals surface area contributed by atoms with Crippen LogP contribution in [0.1, 0.15) is 58.8 Å². The van der Waals surface area contributed by atoms with E-state index in [4.69, 9.17) is 4.42 Å². The van der Waals surface area contributed by atoms with Gasteiger partial charge in [-0.25, -0.2) is 0 Å². The third kappa shape index (κ3) is 2.73. The second-order valence-corrected chi connectivity index (χ2v) is 9.62. The third-order valence-corrected chi connectivity index (χ3v) is 7.66. The molecule has 0 atom stereocenters. The molecular formula is C21H23NO3S. The molecule has 0 radical (unpaired) electrons. The van der Waals surface area contributed by atoms with Gasteiger partial charge in [-0.05, 0) is 80.5 Å². The van der Waals surface area contributed by atoms with E-state index in [9.17, 15) is 9.59 Å². The number of furan rings is 1. The van der Waals surface area contributed by atoms with E-state index in [0.29, 0.717) is 17.2 Å². The Morgan fingerprint density at radius 2 is 1.77 bits per heavy atom. The fourth-order valence-corrected chi connectivity index (χ4v) is 6.76. The maximum absolute atomic E-state index is 13.0.